The zero-order valence-corrected chi connectivity index (χ0v) is 11.6. The van der Waals surface area contributed by atoms with Gasteiger partial charge in [-0.15, -0.1) is 0 Å². The van der Waals surface area contributed by atoms with Gasteiger partial charge in [-0.1, -0.05) is 6.07 Å². The van der Waals surface area contributed by atoms with Gasteiger partial charge >= 0.3 is 0 Å². The molecule has 0 unspecified atom stereocenters. The van der Waals surface area contributed by atoms with Gasteiger partial charge < -0.3 is 15.7 Å². The van der Waals surface area contributed by atoms with E-state index in [1.54, 1.807) is 18.2 Å². The molecule has 0 saturated carbocycles. The number of hydrogen-bond donors (Lipinski definition) is 3. The molecule has 0 aliphatic carbocycles. The van der Waals surface area contributed by atoms with Crippen LogP contribution in [0.4, 0.5) is 11.5 Å². The normalized spacial score (nSPS) is 14.4. The average Bonchev–Trinajstić information content (AvgIpc) is 2.64. The van der Waals surface area contributed by atoms with Crippen LogP contribution in [0.25, 0.3) is 0 Å². The Kier molecular flexibility index (Phi) is 3.71. The van der Waals surface area contributed by atoms with Crippen molar-refractivity contribution in [1.82, 2.24) is 15.3 Å². The Morgan fingerprint density at radius 3 is 2.90 bits per heavy atom. The number of nitrogens with one attached hydrogen (secondary N) is 2. The summed E-state index contributed by atoms with van der Waals surface area (Å²) in [6, 6.07) is 6.93. The Hall–Kier alpha value is -1.85. The maximum atomic E-state index is 9.52. The molecule has 1 aromatic heterocycles. The summed E-state index contributed by atoms with van der Waals surface area (Å²) < 4.78 is 0. The lowest BCUT2D eigenvalue weighted by atomic mass is 10.1. The number of halogens is 1. The van der Waals surface area contributed by atoms with E-state index in [-0.39, 0.29) is 11.0 Å². The van der Waals surface area contributed by atoms with E-state index in [1.807, 2.05) is 6.07 Å². The first-order valence-electron chi connectivity index (χ1n) is 6.54. The minimum atomic E-state index is 0.211. The highest BCUT2D eigenvalue weighted by Crippen LogP contribution is 2.26. The molecule has 1 aliphatic rings. The molecule has 3 N–H and O–H groups in total. The molecule has 0 atom stereocenters. The third-order valence-corrected chi connectivity index (χ3v) is 3.43. The zero-order valence-electron chi connectivity index (χ0n) is 10.9. The number of fused-ring (bicyclic) bond motifs is 1. The Morgan fingerprint density at radius 1 is 1.20 bits per heavy atom. The minimum absolute atomic E-state index is 0.211. The fourth-order valence-electron chi connectivity index (χ4n) is 2.34. The van der Waals surface area contributed by atoms with Gasteiger partial charge in [-0.2, -0.15) is 0 Å². The highest BCUT2D eigenvalue weighted by atomic mass is 35.5. The van der Waals surface area contributed by atoms with Crippen LogP contribution in [-0.2, 0) is 12.8 Å². The number of aromatic nitrogens is 2. The van der Waals surface area contributed by atoms with E-state index in [0.29, 0.717) is 5.82 Å². The van der Waals surface area contributed by atoms with Crippen molar-refractivity contribution in [2.75, 3.05) is 18.4 Å². The van der Waals surface area contributed by atoms with Gasteiger partial charge in [0.15, 0.2) is 0 Å². The summed E-state index contributed by atoms with van der Waals surface area (Å²) in [5.41, 5.74) is 2.85. The van der Waals surface area contributed by atoms with Crippen LogP contribution in [0.15, 0.2) is 24.3 Å². The summed E-state index contributed by atoms with van der Waals surface area (Å²) in [4.78, 5) is 8.61. The number of rotatable bonds is 2. The Morgan fingerprint density at radius 2 is 2.05 bits per heavy atom. The number of anilines is 2. The molecule has 20 heavy (non-hydrogen) atoms. The largest absolute Gasteiger partial charge is 0.508 e. The van der Waals surface area contributed by atoms with Crippen molar-refractivity contribution in [2.45, 2.75) is 12.8 Å². The van der Waals surface area contributed by atoms with Crippen molar-refractivity contribution < 1.29 is 5.11 Å². The second kappa shape index (κ2) is 5.64. The van der Waals surface area contributed by atoms with Gasteiger partial charge in [-0.25, -0.2) is 9.97 Å². The molecule has 0 bridgehead atoms. The first kappa shape index (κ1) is 13.1. The van der Waals surface area contributed by atoms with Crippen LogP contribution in [-0.4, -0.2) is 28.2 Å². The third kappa shape index (κ3) is 2.84. The molecular formula is C14H15ClN4O. The summed E-state index contributed by atoms with van der Waals surface area (Å²) in [7, 11) is 0. The molecule has 1 aliphatic heterocycles. The van der Waals surface area contributed by atoms with E-state index in [0.717, 1.165) is 42.9 Å². The Balaban J connectivity index is 1.98. The van der Waals surface area contributed by atoms with E-state index in [2.05, 4.69) is 20.6 Å². The van der Waals surface area contributed by atoms with Crippen LogP contribution in [0.2, 0.25) is 5.28 Å². The van der Waals surface area contributed by atoms with Crippen molar-refractivity contribution >= 4 is 23.1 Å². The molecule has 0 fully saturated rings. The van der Waals surface area contributed by atoms with Crippen molar-refractivity contribution in [3.8, 4) is 5.75 Å². The van der Waals surface area contributed by atoms with Gasteiger partial charge in [0.05, 0.1) is 5.69 Å². The first-order valence-corrected chi connectivity index (χ1v) is 6.92. The number of hydrogen-bond acceptors (Lipinski definition) is 5. The van der Waals surface area contributed by atoms with E-state index in [9.17, 15) is 5.11 Å². The lowest BCUT2D eigenvalue weighted by molar-refractivity contribution is 0.475. The zero-order chi connectivity index (χ0) is 13.9. The maximum absolute atomic E-state index is 9.52. The lowest BCUT2D eigenvalue weighted by Crippen LogP contribution is -2.16. The van der Waals surface area contributed by atoms with Crippen molar-refractivity contribution in [3.63, 3.8) is 0 Å². The monoisotopic (exact) mass is 290 g/mol. The standard InChI is InChI=1S/C14H15ClN4O/c15-14-18-12-5-7-16-6-4-11(12)13(19-14)17-9-2-1-3-10(20)8-9/h1-3,8,16,20H,4-7H2,(H,17,18,19). The second-order valence-electron chi connectivity index (χ2n) is 4.69. The number of aromatic hydroxyl groups is 1. The van der Waals surface area contributed by atoms with E-state index in [1.165, 1.54) is 0 Å². The number of phenolic OH excluding ortho intramolecular Hbond substituents is 1. The molecule has 3 rings (SSSR count). The average molecular weight is 291 g/mol. The van der Waals surface area contributed by atoms with Crippen LogP contribution >= 0.6 is 11.6 Å². The smallest absolute Gasteiger partial charge is 0.224 e. The summed E-state index contributed by atoms with van der Waals surface area (Å²) in [6.07, 6.45) is 1.69. The quantitative estimate of drug-likeness (QED) is 0.740. The van der Waals surface area contributed by atoms with Crippen molar-refractivity contribution in [2.24, 2.45) is 0 Å². The first-order chi connectivity index (χ1) is 9.72. The highest BCUT2D eigenvalue weighted by Gasteiger charge is 2.16. The fourth-order valence-corrected chi connectivity index (χ4v) is 2.53. The second-order valence-corrected chi connectivity index (χ2v) is 5.03. The van der Waals surface area contributed by atoms with Gasteiger partial charge in [0.1, 0.15) is 11.6 Å². The van der Waals surface area contributed by atoms with Crippen LogP contribution in [0.3, 0.4) is 0 Å². The van der Waals surface area contributed by atoms with E-state index >= 15 is 0 Å². The molecule has 0 saturated heterocycles. The summed E-state index contributed by atoms with van der Waals surface area (Å²) in [6.45, 7) is 1.79. The predicted molar refractivity (Wildman–Crippen MR) is 78.7 cm³/mol. The summed E-state index contributed by atoms with van der Waals surface area (Å²) in [5.74, 6) is 0.928. The van der Waals surface area contributed by atoms with E-state index < -0.39 is 0 Å². The van der Waals surface area contributed by atoms with Gasteiger partial charge in [-0.05, 0) is 36.7 Å². The molecule has 2 heterocycles. The number of nitrogens with zero attached hydrogens (tertiary/aromatic N) is 2. The predicted octanol–water partition coefficient (Wildman–Crippen LogP) is 2.27. The van der Waals surface area contributed by atoms with Crippen LogP contribution in [0.5, 0.6) is 5.75 Å². The maximum Gasteiger partial charge on any atom is 0.224 e. The van der Waals surface area contributed by atoms with E-state index in [4.69, 9.17) is 11.6 Å². The molecule has 0 spiro atoms. The SMILES string of the molecule is Oc1cccc(Nc2nc(Cl)nc3c2CCNCC3)c1. The van der Waals surface area contributed by atoms with Gasteiger partial charge in [0, 0.05) is 30.3 Å². The third-order valence-electron chi connectivity index (χ3n) is 3.26. The van der Waals surface area contributed by atoms with Crippen LogP contribution < -0.4 is 10.6 Å². The molecular weight excluding hydrogens is 276 g/mol. The minimum Gasteiger partial charge on any atom is -0.508 e. The molecule has 6 heteroatoms. The van der Waals surface area contributed by atoms with Gasteiger partial charge in [0.25, 0.3) is 0 Å². The van der Waals surface area contributed by atoms with Crippen molar-refractivity contribution in [1.29, 1.82) is 0 Å². The van der Waals surface area contributed by atoms with Crippen LogP contribution in [0.1, 0.15) is 11.3 Å². The van der Waals surface area contributed by atoms with Gasteiger partial charge in [-0.3, -0.25) is 0 Å². The molecule has 0 radical (unpaired) electrons. The molecule has 0 amide bonds. The number of benzene rings is 1. The van der Waals surface area contributed by atoms with Crippen molar-refractivity contribution in [3.05, 3.63) is 40.8 Å². The Bertz CT molecular complexity index is 633. The number of phenols is 1. The lowest BCUT2D eigenvalue weighted by Gasteiger charge is -2.13. The molecule has 1 aromatic carbocycles. The molecule has 2 aromatic rings. The van der Waals surface area contributed by atoms with Crippen LogP contribution in [0, 0.1) is 0 Å². The molecule has 104 valence electrons. The Labute approximate surface area is 122 Å². The molecule has 5 nitrogen and oxygen atoms in total. The summed E-state index contributed by atoms with van der Waals surface area (Å²) in [5, 5.41) is 16.3. The topological polar surface area (TPSA) is 70.1 Å². The highest BCUT2D eigenvalue weighted by molar-refractivity contribution is 6.28. The van der Waals surface area contributed by atoms with Gasteiger partial charge in [0.2, 0.25) is 5.28 Å². The summed E-state index contributed by atoms with van der Waals surface area (Å²) >= 11 is 6.00. The fraction of sp³-hybridized carbons (Fsp3) is 0.286.